The summed E-state index contributed by atoms with van der Waals surface area (Å²) in [6.45, 7) is 6.05. The number of rotatable bonds is 3. The molecule has 2 aromatic heterocycles. The molecule has 0 atom stereocenters. The van der Waals surface area contributed by atoms with Crippen molar-refractivity contribution in [1.82, 2.24) is 14.5 Å². The quantitative estimate of drug-likeness (QED) is 0.220. The first-order valence-corrected chi connectivity index (χ1v) is 10.9. The van der Waals surface area contributed by atoms with Crippen LogP contribution in [-0.2, 0) is 6.42 Å². The Bertz CT molecular complexity index is 1310. The summed E-state index contributed by atoms with van der Waals surface area (Å²) in [5.41, 5.74) is 6.60. The molecule has 0 unspecified atom stereocenters. The molecule has 0 aliphatic heterocycles. The van der Waals surface area contributed by atoms with Gasteiger partial charge in [-0.1, -0.05) is 62.7 Å². The van der Waals surface area contributed by atoms with E-state index < -0.39 is 4.92 Å². The standard InChI is InChI=1S/C17H14ClNO.C4H3ClN4O2.C2H6/c1-2-13-11-12-7-6-10-15(18)16(12)17(20)19(13)14-8-4-3-5-9-14;5-4-7-1-2(9(10)11)3(6)8-4;1-2/h3-11H,2H2,1H3;1H,(H2,6,7,8);1-2H3. The largest absolute Gasteiger partial charge is 0.378 e. The summed E-state index contributed by atoms with van der Waals surface area (Å²) in [7, 11) is 0. The van der Waals surface area contributed by atoms with Crippen molar-refractivity contribution in [2.45, 2.75) is 27.2 Å². The van der Waals surface area contributed by atoms with E-state index >= 15 is 0 Å². The number of halogens is 2. The molecule has 172 valence electrons. The number of pyridine rings is 1. The van der Waals surface area contributed by atoms with Gasteiger partial charge in [0.2, 0.25) is 11.1 Å². The van der Waals surface area contributed by atoms with Crippen LogP contribution in [0.1, 0.15) is 26.5 Å². The number of fused-ring (bicyclic) bond motifs is 1. The first-order valence-electron chi connectivity index (χ1n) is 10.1. The van der Waals surface area contributed by atoms with Crippen LogP contribution in [-0.4, -0.2) is 19.5 Å². The van der Waals surface area contributed by atoms with Crippen LogP contribution in [0.4, 0.5) is 11.5 Å². The van der Waals surface area contributed by atoms with E-state index in [1.807, 2.05) is 69.3 Å². The number of aromatic nitrogens is 3. The third-order valence-corrected chi connectivity index (χ3v) is 4.91. The fourth-order valence-corrected chi connectivity index (χ4v) is 3.40. The molecule has 10 heteroatoms. The van der Waals surface area contributed by atoms with E-state index in [9.17, 15) is 14.9 Å². The molecule has 8 nitrogen and oxygen atoms in total. The minimum absolute atomic E-state index is 0.0591. The number of nitrogens with two attached hydrogens (primary N) is 1. The molecule has 2 N–H and O–H groups in total. The molecule has 0 aliphatic carbocycles. The maximum Gasteiger partial charge on any atom is 0.329 e. The van der Waals surface area contributed by atoms with Crippen LogP contribution in [0, 0.1) is 10.1 Å². The molecule has 0 amide bonds. The Morgan fingerprint density at radius 1 is 1.09 bits per heavy atom. The second kappa shape index (κ2) is 11.9. The molecular weight excluding hydrogens is 465 g/mol. The molecule has 0 fully saturated rings. The zero-order valence-corrected chi connectivity index (χ0v) is 19.8. The first kappa shape index (κ1) is 25.8. The van der Waals surface area contributed by atoms with Gasteiger partial charge >= 0.3 is 5.69 Å². The fraction of sp³-hybridized carbons (Fsp3) is 0.174. The van der Waals surface area contributed by atoms with Crippen molar-refractivity contribution < 1.29 is 4.92 Å². The summed E-state index contributed by atoms with van der Waals surface area (Å²) >= 11 is 11.5. The molecule has 0 spiro atoms. The van der Waals surface area contributed by atoms with E-state index in [0.717, 1.165) is 29.4 Å². The van der Waals surface area contributed by atoms with Crippen LogP contribution in [0.2, 0.25) is 10.3 Å². The highest BCUT2D eigenvalue weighted by Gasteiger charge is 2.13. The van der Waals surface area contributed by atoms with Crippen molar-refractivity contribution >= 4 is 45.5 Å². The third-order valence-electron chi connectivity index (χ3n) is 4.41. The van der Waals surface area contributed by atoms with Gasteiger partial charge in [0, 0.05) is 11.4 Å². The number of nitrogen functional groups attached to an aromatic ring is 1. The van der Waals surface area contributed by atoms with Gasteiger partial charge in [0.25, 0.3) is 5.56 Å². The number of benzene rings is 2. The lowest BCUT2D eigenvalue weighted by Gasteiger charge is -2.14. The van der Waals surface area contributed by atoms with E-state index in [2.05, 4.69) is 9.97 Å². The number of anilines is 1. The fourth-order valence-electron chi connectivity index (χ4n) is 3.00. The highest BCUT2D eigenvalue weighted by atomic mass is 35.5. The molecule has 2 heterocycles. The van der Waals surface area contributed by atoms with Gasteiger partial charge in [-0.3, -0.25) is 19.5 Å². The first-order chi connectivity index (χ1) is 15.8. The molecule has 0 saturated heterocycles. The summed E-state index contributed by atoms with van der Waals surface area (Å²) in [5.74, 6) is -0.227. The summed E-state index contributed by atoms with van der Waals surface area (Å²) in [6, 6.07) is 17.3. The Labute approximate surface area is 200 Å². The van der Waals surface area contributed by atoms with E-state index in [4.69, 9.17) is 28.9 Å². The van der Waals surface area contributed by atoms with Crippen LogP contribution in [0.3, 0.4) is 0 Å². The van der Waals surface area contributed by atoms with Crippen LogP contribution in [0.5, 0.6) is 0 Å². The number of nitro groups is 1. The maximum absolute atomic E-state index is 12.8. The topological polar surface area (TPSA) is 117 Å². The SMILES string of the molecule is CC.CCc1cc2cccc(Cl)c2c(=O)n1-c1ccccc1.Nc1nc(Cl)ncc1[N+](=O)[O-]. The van der Waals surface area contributed by atoms with Crippen molar-refractivity contribution in [3.8, 4) is 5.69 Å². The van der Waals surface area contributed by atoms with E-state index in [0.29, 0.717) is 10.4 Å². The molecule has 0 radical (unpaired) electrons. The zero-order valence-electron chi connectivity index (χ0n) is 18.3. The average Bonchev–Trinajstić information content (AvgIpc) is 2.81. The summed E-state index contributed by atoms with van der Waals surface area (Å²) in [4.78, 5) is 29.0. The van der Waals surface area contributed by atoms with E-state index in [1.165, 1.54) is 0 Å². The molecule has 33 heavy (non-hydrogen) atoms. The average molecular weight is 488 g/mol. The van der Waals surface area contributed by atoms with Gasteiger partial charge < -0.3 is 5.73 Å². The smallest absolute Gasteiger partial charge is 0.329 e. The van der Waals surface area contributed by atoms with Gasteiger partial charge in [0.05, 0.1) is 15.3 Å². The molecule has 4 rings (SSSR count). The predicted octanol–water partition coefficient (Wildman–Crippen LogP) is 5.85. The summed E-state index contributed by atoms with van der Waals surface area (Å²) in [6.07, 6.45) is 1.75. The number of nitrogens with zero attached hydrogens (tertiary/aromatic N) is 4. The van der Waals surface area contributed by atoms with Crippen molar-refractivity contribution in [3.63, 3.8) is 0 Å². The van der Waals surface area contributed by atoms with Gasteiger partial charge in [-0.15, -0.1) is 0 Å². The number of hydrogen-bond donors (Lipinski definition) is 1. The van der Waals surface area contributed by atoms with Gasteiger partial charge in [-0.25, -0.2) is 4.98 Å². The normalized spacial score (nSPS) is 9.97. The van der Waals surface area contributed by atoms with Crippen molar-refractivity contribution in [2.75, 3.05) is 5.73 Å². The number of hydrogen-bond acceptors (Lipinski definition) is 6. The monoisotopic (exact) mass is 487 g/mol. The van der Waals surface area contributed by atoms with Gasteiger partial charge in [-0.05, 0) is 47.7 Å². The van der Waals surface area contributed by atoms with E-state index in [-0.39, 0.29) is 22.3 Å². The molecule has 2 aromatic carbocycles. The van der Waals surface area contributed by atoms with Crippen molar-refractivity contribution in [3.05, 3.63) is 97.3 Å². The molecule has 0 aliphatic rings. The number of aryl methyl sites for hydroxylation is 1. The van der Waals surface area contributed by atoms with Crippen LogP contribution >= 0.6 is 23.2 Å². The highest BCUT2D eigenvalue weighted by Crippen LogP contribution is 2.23. The minimum Gasteiger partial charge on any atom is -0.378 e. The Hall–Kier alpha value is -3.49. The third kappa shape index (κ3) is 6.06. The Morgan fingerprint density at radius 3 is 2.33 bits per heavy atom. The lowest BCUT2D eigenvalue weighted by atomic mass is 10.1. The number of para-hydroxylation sites is 1. The lowest BCUT2D eigenvalue weighted by molar-refractivity contribution is -0.384. The second-order valence-electron chi connectivity index (χ2n) is 6.34. The maximum atomic E-state index is 12.8. The molecule has 4 aromatic rings. The summed E-state index contributed by atoms with van der Waals surface area (Å²) < 4.78 is 1.74. The van der Waals surface area contributed by atoms with Gasteiger partial charge in [-0.2, -0.15) is 4.98 Å². The Morgan fingerprint density at radius 2 is 1.76 bits per heavy atom. The van der Waals surface area contributed by atoms with Gasteiger partial charge in [0.15, 0.2) is 0 Å². The van der Waals surface area contributed by atoms with Crippen LogP contribution < -0.4 is 11.3 Å². The Balaban J connectivity index is 0.000000252. The van der Waals surface area contributed by atoms with Crippen molar-refractivity contribution in [2.24, 2.45) is 0 Å². The van der Waals surface area contributed by atoms with Crippen molar-refractivity contribution in [1.29, 1.82) is 0 Å². The molecular formula is C23H23Cl2N5O3. The van der Waals surface area contributed by atoms with Crippen LogP contribution in [0.15, 0.2) is 65.6 Å². The van der Waals surface area contributed by atoms with Crippen LogP contribution in [0.25, 0.3) is 16.5 Å². The molecule has 0 bridgehead atoms. The van der Waals surface area contributed by atoms with E-state index in [1.54, 1.807) is 10.6 Å². The molecule has 0 saturated carbocycles. The second-order valence-corrected chi connectivity index (χ2v) is 7.08. The van der Waals surface area contributed by atoms with Gasteiger partial charge in [0.1, 0.15) is 6.20 Å². The Kier molecular flexibility index (Phi) is 9.32. The zero-order chi connectivity index (χ0) is 24.5. The highest BCUT2D eigenvalue weighted by molar-refractivity contribution is 6.35. The lowest BCUT2D eigenvalue weighted by Crippen LogP contribution is -2.22. The summed E-state index contributed by atoms with van der Waals surface area (Å²) in [5, 5.41) is 12.0. The predicted molar refractivity (Wildman–Crippen MR) is 133 cm³/mol. The minimum atomic E-state index is -0.675.